The molecule has 5 nitrogen and oxygen atoms in total. The first-order chi connectivity index (χ1) is 12.0. The highest BCUT2D eigenvalue weighted by molar-refractivity contribution is 6.30. The van der Waals surface area contributed by atoms with Gasteiger partial charge in [-0.05, 0) is 50.8 Å². The van der Waals surface area contributed by atoms with Crippen molar-refractivity contribution in [2.45, 2.75) is 57.6 Å². The highest BCUT2D eigenvalue weighted by Crippen LogP contribution is 2.34. The first-order valence-corrected chi connectivity index (χ1v) is 9.13. The van der Waals surface area contributed by atoms with Crippen LogP contribution < -0.4 is 5.73 Å². The van der Waals surface area contributed by atoms with E-state index in [-0.39, 0.29) is 23.1 Å². The summed E-state index contributed by atoms with van der Waals surface area (Å²) in [7, 11) is 0. The van der Waals surface area contributed by atoms with Gasteiger partial charge in [-0.15, -0.1) is 0 Å². The number of benzene rings is 1. The molecule has 25 heavy (non-hydrogen) atoms. The molecule has 1 heterocycles. The second-order valence-corrected chi connectivity index (χ2v) is 7.02. The third-order valence-corrected chi connectivity index (χ3v) is 4.92. The highest BCUT2D eigenvalue weighted by atomic mass is 35.5. The van der Waals surface area contributed by atoms with Gasteiger partial charge in [-0.1, -0.05) is 18.5 Å². The van der Waals surface area contributed by atoms with Gasteiger partial charge in [0, 0.05) is 18.6 Å². The zero-order chi connectivity index (χ0) is 18.0. The van der Waals surface area contributed by atoms with Gasteiger partial charge in [0.25, 0.3) is 0 Å². The molecule has 1 fully saturated rings. The normalized spacial score (nSPS) is 23.8. The fourth-order valence-corrected chi connectivity index (χ4v) is 3.53. The summed E-state index contributed by atoms with van der Waals surface area (Å²) in [6.07, 6.45) is 3.63. The average molecular weight is 367 g/mol. The molecule has 1 aromatic carbocycles. The first kappa shape index (κ1) is 18.3. The lowest BCUT2D eigenvalue weighted by molar-refractivity contribution is 0.00883. The van der Waals surface area contributed by atoms with Crippen molar-refractivity contribution < 1.29 is 9.13 Å². The van der Waals surface area contributed by atoms with Gasteiger partial charge in [-0.3, -0.25) is 0 Å². The van der Waals surface area contributed by atoms with Gasteiger partial charge >= 0.3 is 0 Å². The zero-order valence-corrected chi connectivity index (χ0v) is 15.3. The van der Waals surface area contributed by atoms with Crippen LogP contribution in [-0.2, 0) is 4.74 Å². The van der Waals surface area contributed by atoms with E-state index in [0.29, 0.717) is 18.1 Å². The molecule has 0 unspecified atom stereocenters. The van der Waals surface area contributed by atoms with E-state index < -0.39 is 5.82 Å². The molecule has 0 aliphatic heterocycles. The van der Waals surface area contributed by atoms with Gasteiger partial charge in [0.05, 0.1) is 16.8 Å². The molecule has 0 bridgehead atoms. The van der Waals surface area contributed by atoms with Crippen molar-refractivity contribution in [1.29, 1.82) is 0 Å². The van der Waals surface area contributed by atoms with Crippen LogP contribution in [0.1, 0.15) is 50.2 Å². The van der Waals surface area contributed by atoms with Crippen molar-refractivity contribution in [3.05, 3.63) is 40.7 Å². The van der Waals surface area contributed by atoms with Crippen LogP contribution in [0.3, 0.4) is 0 Å². The van der Waals surface area contributed by atoms with Crippen molar-refractivity contribution in [3.8, 4) is 5.69 Å². The quantitative estimate of drug-likeness (QED) is 0.875. The smallest absolute Gasteiger partial charge is 0.148 e. The Bertz CT molecular complexity index is 736. The largest absolute Gasteiger partial charge is 0.377 e. The Morgan fingerprint density at radius 1 is 1.40 bits per heavy atom. The van der Waals surface area contributed by atoms with Crippen molar-refractivity contribution in [1.82, 2.24) is 14.8 Å². The van der Waals surface area contributed by atoms with Gasteiger partial charge in [0.15, 0.2) is 0 Å². The number of hydrogen-bond donors (Lipinski definition) is 1. The summed E-state index contributed by atoms with van der Waals surface area (Å²) < 4.78 is 21.2. The zero-order valence-electron chi connectivity index (χ0n) is 14.6. The molecule has 3 rings (SSSR count). The Morgan fingerprint density at radius 3 is 2.92 bits per heavy atom. The third-order valence-electron chi connectivity index (χ3n) is 4.63. The first-order valence-electron chi connectivity index (χ1n) is 8.75. The minimum atomic E-state index is -0.444. The lowest BCUT2D eigenvalue weighted by Crippen LogP contribution is -2.42. The van der Waals surface area contributed by atoms with E-state index in [0.717, 1.165) is 31.5 Å². The van der Waals surface area contributed by atoms with Crippen LogP contribution in [0.25, 0.3) is 5.69 Å². The lowest BCUT2D eigenvalue weighted by atomic mass is 9.83. The molecular formula is C18H24ClFN4O. The molecule has 7 heteroatoms. The van der Waals surface area contributed by atoms with Crippen LogP contribution in [0.4, 0.5) is 4.39 Å². The molecule has 1 aliphatic rings. The lowest BCUT2D eigenvalue weighted by Gasteiger charge is -2.33. The number of halogens is 2. The van der Waals surface area contributed by atoms with E-state index in [1.165, 1.54) is 6.07 Å². The van der Waals surface area contributed by atoms with Gasteiger partial charge < -0.3 is 10.5 Å². The molecule has 1 aliphatic carbocycles. The molecule has 0 saturated heterocycles. The monoisotopic (exact) mass is 366 g/mol. The molecule has 0 spiro atoms. The molecule has 2 N–H and O–H groups in total. The maximum Gasteiger partial charge on any atom is 0.148 e. The van der Waals surface area contributed by atoms with Gasteiger partial charge in [-0.2, -0.15) is 5.10 Å². The summed E-state index contributed by atoms with van der Waals surface area (Å²) in [5.74, 6) is 1.29. The van der Waals surface area contributed by atoms with Crippen molar-refractivity contribution in [3.63, 3.8) is 0 Å². The summed E-state index contributed by atoms with van der Waals surface area (Å²) in [5.41, 5.74) is 6.94. The Morgan fingerprint density at radius 2 is 2.20 bits per heavy atom. The molecule has 1 saturated carbocycles. The summed E-state index contributed by atoms with van der Waals surface area (Å²) in [5, 5.41) is 4.56. The summed E-state index contributed by atoms with van der Waals surface area (Å²) in [6, 6.07) is 4.65. The Balaban J connectivity index is 1.88. The maximum atomic E-state index is 13.5. The van der Waals surface area contributed by atoms with Crippen LogP contribution >= 0.6 is 11.6 Å². The minimum Gasteiger partial charge on any atom is -0.377 e. The van der Waals surface area contributed by atoms with E-state index in [9.17, 15) is 4.39 Å². The number of nitrogens with zero attached hydrogens (tertiary/aromatic N) is 3. The van der Waals surface area contributed by atoms with Crippen molar-refractivity contribution >= 4 is 11.6 Å². The van der Waals surface area contributed by atoms with E-state index in [1.54, 1.807) is 16.8 Å². The second-order valence-electron chi connectivity index (χ2n) is 6.61. The van der Waals surface area contributed by atoms with Crippen LogP contribution in [-0.4, -0.2) is 33.5 Å². The topological polar surface area (TPSA) is 66.0 Å². The SMILES string of the molecule is CCCO[C@@H]1C[C@@H](c2nc(C)nn2-c2ccc(F)c(Cl)c2)CC[C@H]1N. The standard InChI is InChI=1S/C18H24ClFN4O/c1-3-8-25-17-9-12(4-7-16(17)21)18-22-11(2)23-24(18)13-5-6-15(20)14(19)10-13/h5-6,10,12,16-17H,3-4,7-9,21H2,1-2H3/t12-,16+,17+/m0/s1. The minimum absolute atomic E-state index is 0.0287. The average Bonchev–Trinajstić information content (AvgIpc) is 2.98. The van der Waals surface area contributed by atoms with Crippen LogP contribution in [0.15, 0.2) is 18.2 Å². The van der Waals surface area contributed by atoms with Gasteiger partial charge in [0.1, 0.15) is 17.5 Å². The number of nitrogens with two attached hydrogens (primary N) is 1. The predicted octanol–water partition coefficient (Wildman–Crippen LogP) is 3.76. The Labute approximate surface area is 152 Å². The Kier molecular flexibility index (Phi) is 5.71. The van der Waals surface area contributed by atoms with Gasteiger partial charge in [-0.25, -0.2) is 14.1 Å². The molecule has 0 radical (unpaired) electrons. The van der Waals surface area contributed by atoms with E-state index >= 15 is 0 Å². The summed E-state index contributed by atoms with van der Waals surface area (Å²) in [6.45, 7) is 4.65. The van der Waals surface area contributed by atoms with E-state index in [4.69, 9.17) is 22.1 Å². The van der Waals surface area contributed by atoms with Crippen molar-refractivity contribution in [2.75, 3.05) is 6.61 Å². The molecule has 2 aromatic rings. The fourth-order valence-electron chi connectivity index (χ4n) is 3.35. The number of hydrogen-bond acceptors (Lipinski definition) is 4. The molecular weight excluding hydrogens is 343 g/mol. The highest BCUT2D eigenvalue weighted by Gasteiger charge is 2.32. The third kappa shape index (κ3) is 4.02. The predicted molar refractivity (Wildman–Crippen MR) is 95.7 cm³/mol. The Hall–Kier alpha value is -1.50. The van der Waals surface area contributed by atoms with E-state index in [2.05, 4.69) is 17.0 Å². The summed E-state index contributed by atoms with van der Waals surface area (Å²) >= 11 is 5.94. The van der Waals surface area contributed by atoms with Crippen LogP contribution in [0.2, 0.25) is 5.02 Å². The molecule has 3 atom stereocenters. The van der Waals surface area contributed by atoms with Crippen molar-refractivity contribution in [2.24, 2.45) is 5.73 Å². The number of rotatable bonds is 5. The number of aryl methyl sites for hydroxylation is 1. The van der Waals surface area contributed by atoms with Crippen LogP contribution in [0.5, 0.6) is 0 Å². The van der Waals surface area contributed by atoms with E-state index in [1.807, 2.05) is 6.92 Å². The maximum absolute atomic E-state index is 13.5. The molecule has 1 aromatic heterocycles. The second kappa shape index (κ2) is 7.81. The number of ether oxygens (including phenoxy) is 1. The molecule has 0 amide bonds. The fraction of sp³-hybridized carbons (Fsp3) is 0.556. The molecule has 136 valence electrons. The number of aromatic nitrogens is 3. The summed E-state index contributed by atoms with van der Waals surface area (Å²) in [4.78, 5) is 4.62. The van der Waals surface area contributed by atoms with Gasteiger partial charge in [0.2, 0.25) is 0 Å². The van der Waals surface area contributed by atoms with Crippen LogP contribution in [0, 0.1) is 12.7 Å².